The lowest BCUT2D eigenvalue weighted by atomic mass is 10.1. The van der Waals surface area contributed by atoms with Crippen molar-refractivity contribution in [1.29, 1.82) is 0 Å². The van der Waals surface area contributed by atoms with Crippen LogP contribution in [0.1, 0.15) is 18.5 Å². The predicted octanol–water partition coefficient (Wildman–Crippen LogP) is 3.54. The van der Waals surface area contributed by atoms with E-state index in [9.17, 15) is 0 Å². The highest BCUT2D eigenvalue weighted by Crippen LogP contribution is 2.25. The molecule has 3 N–H and O–H groups in total. The Labute approximate surface area is 130 Å². The monoisotopic (exact) mass is 343 g/mol. The lowest BCUT2D eigenvalue weighted by molar-refractivity contribution is 0.874. The van der Waals surface area contributed by atoms with E-state index in [1.54, 1.807) is 6.07 Å². The Bertz CT molecular complexity index is 790. The lowest BCUT2D eigenvalue weighted by Gasteiger charge is -2.16. The SMILES string of the molecule is CC(Nc1ncnc2nc(N)ccc12)c1cccc(Br)c1. The minimum atomic E-state index is 0.109. The first-order valence-electron chi connectivity index (χ1n) is 6.53. The van der Waals surface area contributed by atoms with Crippen LogP contribution in [-0.2, 0) is 0 Å². The standard InChI is InChI=1S/C15H14BrN5/c1-9(10-3-2-4-11(16)7-10)20-14-12-5-6-13(17)21-15(12)19-8-18-14/h2-9H,1H3,(H3,17,18,19,20,21). The zero-order valence-corrected chi connectivity index (χ0v) is 13.0. The third-order valence-electron chi connectivity index (χ3n) is 3.22. The topological polar surface area (TPSA) is 76.7 Å². The van der Waals surface area contributed by atoms with Gasteiger partial charge in [-0.25, -0.2) is 15.0 Å². The number of fused-ring (bicyclic) bond motifs is 1. The Balaban J connectivity index is 1.94. The van der Waals surface area contributed by atoms with Crippen LogP contribution in [0.2, 0.25) is 0 Å². The summed E-state index contributed by atoms with van der Waals surface area (Å²) in [7, 11) is 0. The van der Waals surface area contributed by atoms with E-state index in [-0.39, 0.29) is 6.04 Å². The van der Waals surface area contributed by atoms with Gasteiger partial charge in [0.15, 0.2) is 5.65 Å². The molecule has 0 radical (unpaired) electrons. The van der Waals surface area contributed by atoms with Crippen LogP contribution in [0.4, 0.5) is 11.6 Å². The van der Waals surface area contributed by atoms with E-state index in [4.69, 9.17) is 5.73 Å². The number of benzene rings is 1. The molecule has 3 rings (SSSR count). The van der Waals surface area contributed by atoms with Gasteiger partial charge >= 0.3 is 0 Å². The van der Waals surface area contributed by atoms with Gasteiger partial charge in [-0.1, -0.05) is 28.1 Å². The summed E-state index contributed by atoms with van der Waals surface area (Å²) in [6.45, 7) is 2.08. The number of nitrogens with one attached hydrogen (secondary N) is 1. The molecular weight excluding hydrogens is 330 g/mol. The Morgan fingerprint density at radius 2 is 2.05 bits per heavy atom. The summed E-state index contributed by atoms with van der Waals surface area (Å²) in [5, 5.41) is 4.25. The van der Waals surface area contributed by atoms with Crippen molar-refractivity contribution in [3.05, 3.63) is 52.8 Å². The minimum Gasteiger partial charge on any atom is -0.384 e. The highest BCUT2D eigenvalue weighted by molar-refractivity contribution is 9.10. The Morgan fingerprint density at radius 3 is 2.86 bits per heavy atom. The number of anilines is 2. The molecule has 0 fully saturated rings. The molecule has 2 aromatic heterocycles. The second kappa shape index (κ2) is 5.65. The van der Waals surface area contributed by atoms with Crippen molar-refractivity contribution in [2.45, 2.75) is 13.0 Å². The molecule has 0 saturated heterocycles. The maximum Gasteiger partial charge on any atom is 0.166 e. The van der Waals surface area contributed by atoms with Gasteiger partial charge in [-0.3, -0.25) is 0 Å². The summed E-state index contributed by atoms with van der Waals surface area (Å²) in [5.41, 5.74) is 7.44. The molecule has 0 bridgehead atoms. The van der Waals surface area contributed by atoms with Crippen LogP contribution in [-0.4, -0.2) is 15.0 Å². The quantitative estimate of drug-likeness (QED) is 0.760. The van der Waals surface area contributed by atoms with Gasteiger partial charge in [0, 0.05) is 4.47 Å². The van der Waals surface area contributed by atoms with Crippen LogP contribution < -0.4 is 11.1 Å². The molecule has 0 spiro atoms. The van der Waals surface area contributed by atoms with Gasteiger partial charge in [0.25, 0.3) is 0 Å². The van der Waals surface area contributed by atoms with Gasteiger partial charge < -0.3 is 11.1 Å². The first-order chi connectivity index (χ1) is 10.1. The molecule has 3 aromatic rings. The summed E-state index contributed by atoms with van der Waals surface area (Å²) in [4.78, 5) is 12.7. The third-order valence-corrected chi connectivity index (χ3v) is 3.71. The number of rotatable bonds is 3. The number of nitrogens with zero attached hydrogens (tertiary/aromatic N) is 3. The van der Waals surface area contributed by atoms with E-state index >= 15 is 0 Å². The molecule has 6 heteroatoms. The largest absolute Gasteiger partial charge is 0.384 e. The molecule has 1 unspecified atom stereocenters. The van der Waals surface area contributed by atoms with Crippen molar-refractivity contribution < 1.29 is 0 Å². The van der Waals surface area contributed by atoms with E-state index in [1.165, 1.54) is 11.9 Å². The maximum atomic E-state index is 5.69. The van der Waals surface area contributed by atoms with E-state index < -0.39 is 0 Å². The van der Waals surface area contributed by atoms with Crippen LogP contribution in [0, 0.1) is 0 Å². The van der Waals surface area contributed by atoms with Crippen molar-refractivity contribution in [1.82, 2.24) is 15.0 Å². The molecule has 5 nitrogen and oxygen atoms in total. The third kappa shape index (κ3) is 2.95. The van der Waals surface area contributed by atoms with E-state index in [2.05, 4.69) is 55.3 Å². The van der Waals surface area contributed by atoms with Crippen LogP contribution in [0.25, 0.3) is 11.0 Å². The fraction of sp³-hybridized carbons (Fsp3) is 0.133. The van der Waals surface area contributed by atoms with E-state index in [0.717, 1.165) is 15.7 Å². The maximum absolute atomic E-state index is 5.69. The van der Waals surface area contributed by atoms with Gasteiger partial charge in [0.05, 0.1) is 11.4 Å². The number of halogens is 1. The Hall–Kier alpha value is -2.21. The Kier molecular flexibility index (Phi) is 3.70. The molecule has 1 aromatic carbocycles. The number of hydrogen-bond acceptors (Lipinski definition) is 5. The molecule has 0 amide bonds. The van der Waals surface area contributed by atoms with Crippen molar-refractivity contribution in [3.63, 3.8) is 0 Å². The Morgan fingerprint density at radius 1 is 1.19 bits per heavy atom. The first kappa shape index (κ1) is 13.8. The molecule has 0 aliphatic rings. The molecule has 106 valence electrons. The highest BCUT2D eigenvalue weighted by atomic mass is 79.9. The van der Waals surface area contributed by atoms with Crippen LogP contribution in [0.3, 0.4) is 0 Å². The van der Waals surface area contributed by atoms with Crippen molar-refractivity contribution in [2.75, 3.05) is 11.1 Å². The number of nitrogens with two attached hydrogens (primary N) is 1. The van der Waals surface area contributed by atoms with E-state index in [1.807, 2.05) is 18.2 Å². The predicted molar refractivity (Wildman–Crippen MR) is 87.9 cm³/mol. The average Bonchev–Trinajstić information content (AvgIpc) is 2.47. The molecule has 21 heavy (non-hydrogen) atoms. The molecule has 1 atom stereocenters. The summed E-state index contributed by atoms with van der Waals surface area (Å²) in [6.07, 6.45) is 1.49. The fourth-order valence-electron chi connectivity index (χ4n) is 2.14. The van der Waals surface area contributed by atoms with Gasteiger partial charge in [-0.15, -0.1) is 0 Å². The lowest BCUT2D eigenvalue weighted by Crippen LogP contribution is -2.09. The summed E-state index contributed by atoms with van der Waals surface area (Å²) >= 11 is 3.49. The van der Waals surface area contributed by atoms with Gasteiger partial charge in [0.2, 0.25) is 0 Å². The summed E-state index contributed by atoms with van der Waals surface area (Å²) in [6, 6.07) is 11.9. The minimum absolute atomic E-state index is 0.109. The molecular formula is C15H14BrN5. The number of nitrogen functional groups attached to an aromatic ring is 1. The molecule has 0 aliphatic heterocycles. The molecule has 0 saturated carbocycles. The van der Waals surface area contributed by atoms with Crippen molar-refractivity contribution in [2.24, 2.45) is 0 Å². The second-order valence-electron chi connectivity index (χ2n) is 4.75. The molecule has 2 heterocycles. The average molecular weight is 344 g/mol. The number of hydrogen-bond donors (Lipinski definition) is 2. The van der Waals surface area contributed by atoms with E-state index in [0.29, 0.717) is 11.5 Å². The van der Waals surface area contributed by atoms with Crippen molar-refractivity contribution in [3.8, 4) is 0 Å². The summed E-state index contributed by atoms with van der Waals surface area (Å²) < 4.78 is 1.05. The summed E-state index contributed by atoms with van der Waals surface area (Å²) in [5.74, 6) is 1.20. The normalized spacial score (nSPS) is 12.3. The van der Waals surface area contributed by atoms with Gasteiger partial charge in [-0.05, 0) is 36.8 Å². The zero-order chi connectivity index (χ0) is 14.8. The number of aromatic nitrogens is 3. The highest BCUT2D eigenvalue weighted by Gasteiger charge is 2.10. The smallest absolute Gasteiger partial charge is 0.166 e. The molecule has 0 aliphatic carbocycles. The number of pyridine rings is 1. The van der Waals surface area contributed by atoms with Gasteiger partial charge in [0.1, 0.15) is 18.0 Å². The fourth-order valence-corrected chi connectivity index (χ4v) is 2.55. The van der Waals surface area contributed by atoms with Crippen molar-refractivity contribution >= 4 is 38.6 Å². The van der Waals surface area contributed by atoms with Crippen LogP contribution in [0.15, 0.2) is 47.2 Å². The van der Waals surface area contributed by atoms with Gasteiger partial charge in [-0.2, -0.15) is 0 Å². The second-order valence-corrected chi connectivity index (χ2v) is 5.67. The van der Waals surface area contributed by atoms with Crippen LogP contribution >= 0.6 is 15.9 Å². The van der Waals surface area contributed by atoms with Crippen LogP contribution in [0.5, 0.6) is 0 Å². The zero-order valence-electron chi connectivity index (χ0n) is 11.4. The first-order valence-corrected chi connectivity index (χ1v) is 7.32.